The van der Waals surface area contributed by atoms with Crippen LogP contribution in [0.4, 0.5) is 0 Å². The van der Waals surface area contributed by atoms with Gasteiger partial charge >= 0.3 is 29.2 Å². The predicted molar refractivity (Wildman–Crippen MR) is 99.1 cm³/mol. The van der Waals surface area contributed by atoms with Crippen molar-refractivity contribution in [3.8, 4) is 0 Å². The number of nitrogens with zero attached hydrogens (tertiary/aromatic N) is 1. The number of phosphoric ester groups is 1. The third kappa shape index (κ3) is 8.45. The van der Waals surface area contributed by atoms with Gasteiger partial charge in [-0.1, -0.05) is 0 Å². The Morgan fingerprint density at radius 2 is 1.77 bits per heavy atom. The largest absolute Gasteiger partial charge is 0.490 e. The van der Waals surface area contributed by atoms with Crippen molar-refractivity contribution in [2.75, 3.05) is 6.61 Å². The molecule has 167 valence electrons. The van der Waals surface area contributed by atoms with E-state index < -0.39 is 59.8 Å². The van der Waals surface area contributed by atoms with Gasteiger partial charge in [0.25, 0.3) is 5.56 Å². The van der Waals surface area contributed by atoms with Gasteiger partial charge in [-0.2, -0.15) is 8.62 Å². The van der Waals surface area contributed by atoms with E-state index in [1.807, 2.05) is 4.98 Å². The van der Waals surface area contributed by atoms with Gasteiger partial charge in [-0.15, -0.1) is 0 Å². The van der Waals surface area contributed by atoms with Crippen LogP contribution in [0.1, 0.15) is 12.6 Å². The van der Waals surface area contributed by atoms with Crippen molar-refractivity contribution < 1.29 is 56.3 Å². The zero-order chi connectivity index (χ0) is 22.2. The minimum atomic E-state index is -5.68. The number of aliphatic hydroxyl groups is 1. The second-order valence-corrected chi connectivity index (χ2v) is 10.7. The first kappa shape index (κ1) is 28.5. The molecule has 21 heteroatoms. The summed E-state index contributed by atoms with van der Waals surface area (Å²) in [5.41, 5.74) is -1.56. The van der Waals surface area contributed by atoms with Gasteiger partial charge in [0.1, 0.15) is 12.3 Å². The fourth-order valence-electron chi connectivity index (χ4n) is 2.18. The third-order valence-corrected chi connectivity index (χ3v) is 7.62. The van der Waals surface area contributed by atoms with E-state index >= 15 is 0 Å². The Bertz CT molecular complexity index is 1020. The molecule has 6 N–H and O–H groups in total. The van der Waals surface area contributed by atoms with Gasteiger partial charge in [-0.25, -0.2) is 18.5 Å². The first-order chi connectivity index (χ1) is 13.1. The molecule has 0 amide bonds. The van der Waals surface area contributed by atoms with Crippen LogP contribution in [0, 0.1) is 0 Å². The van der Waals surface area contributed by atoms with E-state index in [2.05, 4.69) is 29.1 Å². The van der Waals surface area contributed by atoms with Gasteiger partial charge in [-0.3, -0.25) is 18.9 Å². The number of halogens is 1. The Morgan fingerprint density at radius 1 is 1.17 bits per heavy atom. The molecule has 2 rings (SSSR count). The zero-order valence-corrected chi connectivity index (χ0v) is 21.1. The van der Waals surface area contributed by atoms with Gasteiger partial charge in [0, 0.05) is 42.2 Å². The molecule has 2 heterocycles. The molecule has 0 spiro atoms. The molecule has 5 unspecified atom stereocenters. The van der Waals surface area contributed by atoms with Crippen LogP contribution in [0.15, 0.2) is 20.3 Å². The maximum atomic E-state index is 11.8. The Labute approximate surface area is 197 Å². The summed E-state index contributed by atoms with van der Waals surface area (Å²) < 4.78 is 51.2. The normalized spacial score (nSPS) is 25.9. The number of rotatable bonds is 8. The Balaban J connectivity index is 0.00000450. The number of phosphoric acid groups is 3. The van der Waals surface area contributed by atoms with Crippen LogP contribution >= 0.6 is 39.4 Å². The van der Waals surface area contributed by atoms with Crippen molar-refractivity contribution in [2.24, 2.45) is 0 Å². The molecule has 0 aliphatic carbocycles. The van der Waals surface area contributed by atoms with Gasteiger partial charge in [-0.05, 0) is 15.9 Å². The molecule has 1 aliphatic rings. The van der Waals surface area contributed by atoms with Gasteiger partial charge in [0.15, 0.2) is 0 Å². The summed E-state index contributed by atoms with van der Waals surface area (Å²) in [6, 6.07) is 0. The molecule has 1 saturated heterocycles. The van der Waals surface area contributed by atoms with E-state index in [0.717, 1.165) is 10.8 Å². The summed E-state index contributed by atoms with van der Waals surface area (Å²) in [7, 11) is -16.6. The summed E-state index contributed by atoms with van der Waals surface area (Å²) in [4.78, 5) is 60.5. The number of aromatic nitrogens is 2. The number of H-pyrrole nitrogens is 1. The number of hydrogen-bond donors (Lipinski definition) is 6. The molecule has 1 fully saturated rings. The van der Waals surface area contributed by atoms with Crippen molar-refractivity contribution in [1.29, 1.82) is 0 Å². The summed E-state index contributed by atoms with van der Waals surface area (Å²) >= 11 is 2.91. The topological polar surface area (TPSA) is 244 Å². The fourth-order valence-corrected chi connectivity index (χ4v) is 5.53. The number of nitrogens with one attached hydrogen (secondary N) is 1. The smallest absolute Gasteiger partial charge is 0.390 e. The van der Waals surface area contributed by atoms with Crippen molar-refractivity contribution in [3.63, 3.8) is 0 Å². The molecule has 0 bridgehead atoms. The molecule has 30 heavy (non-hydrogen) atoms. The first-order valence-corrected chi connectivity index (χ1v) is 12.5. The molecule has 0 saturated carbocycles. The Hall–Kier alpha value is 0.490. The number of aromatic amines is 1. The SMILES string of the molecule is O=c1[nH]c(=O)n(C2CC(O)C(COP(=O)(O)OP(=O)(O)OP(=O)(O)O)O2)cc1Br.[Na]. The summed E-state index contributed by atoms with van der Waals surface area (Å²) in [6.07, 6.45) is -2.83. The molecular weight excluding hydrogens is 556 g/mol. The third-order valence-electron chi connectivity index (χ3n) is 3.26. The fraction of sp³-hybridized carbons (Fsp3) is 0.556. The average molecular weight is 570 g/mol. The Morgan fingerprint density at radius 3 is 2.33 bits per heavy atom. The maximum absolute atomic E-state index is 11.8. The molecule has 1 aromatic heterocycles. The number of hydrogen-bond acceptors (Lipinski definition) is 10. The Kier molecular flexibility index (Phi) is 10.1. The minimum absolute atomic E-state index is 0. The molecule has 16 nitrogen and oxygen atoms in total. The molecule has 5 atom stereocenters. The standard InChI is InChI=1S/C9H14BrN2O14P3.Na/c10-4-2-12(9(15)11-8(4)14)7-1-5(13)6(24-7)3-23-28(19,20)26-29(21,22)25-27(16,17)18;/h2,5-7,13H,1,3H2,(H,19,20)(H,21,22)(H,11,14,15)(H2,16,17,18);. The van der Waals surface area contributed by atoms with Crippen LogP contribution in [-0.2, 0) is 31.6 Å². The number of ether oxygens (including phenoxy) is 1. The van der Waals surface area contributed by atoms with Crippen LogP contribution in [0.5, 0.6) is 0 Å². The minimum Gasteiger partial charge on any atom is -0.390 e. The first-order valence-electron chi connectivity index (χ1n) is 7.21. The second kappa shape index (κ2) is 10.6. The monoisotopic (exact) mass is 569 g/mol. The molecular formula is C9H14BrN2NaO14P3. The van der Waals surface area contributed by atoms with Crippen LogP contribution in [0.2, 0.25) is 0 Å². The molecule has 1 aromatic rings. The van der Waals surface area contributed by atoms with E-state index in [4.69, 9.17) is 19.4 Å². The van der Waals surface area contributed by atoms with E-state index in [9.17, 15) is 33.3 Å². The van der Waals surface area contributed by atoms with Gasteiger partial charge in [0.2, 0.25) is 0 Å². The second-order valence-electron chi connectivity index (χ2n) is 5.46. The zero-order valence-electron chi connectivity index (χ0n) is 14.8. The molecule has 1 radical (unpaired) electrons. The molecule has 0 aromatic carbocycles. The average Bonchev–Trinajstić information content (AvgIpc) is 2.86. The quantitative estimate of drug-likeness (QED) is 0.161. The van der Waals surface area contributed by atoms with Crippen LogP contribution in [0.25, 0.3) is 0 Å². The van der Waals surface area contributed by atoms with E-state index in [0.29, 0.717) is 0 Å². The van der Waals surface area contributed by atoms with Gasteiger partial charge < -0.3 is 29.4 Å². The van der Waals surface area contributed by atoms with E-state index in [1.165, 1.54) is 0 Å². The van der Waals surface area contributed by atoms with E-state index in [-0.39, 0.29) is 40.5 Å². The van der Waals surface area contributed by atoms with E-state index in [1.54, 1.807) is 0 Å². The predicted octanol–water partition coefficient (Wildman–Crippen LogP) is -1.09. The number of aliphatic hydroxyl groups excluding tert-OH is 1. The van der Waals surface area contributed by atoms with Crippen LogP contribution in [0.3, 0.4) is 0 Å². The van der Waals surface area contributed by atoms with Crippen LogP contribution < -0.4 is 11.2 Å². The summed E-state index contributed by atoms with van der Waals surface area (Å²) in [6.45, 7) is -0.888. The summed E-state index contributed by atoms with van der Waals surface area (Å²) in [5, 5.41) is 9.97. The maximum Gasteiger partial charge on any atom is 0.490 e. The van der Waals surface area contributed by atoms with Crippen molar-refractivity contribution in [3.05, 3.63) is 31.5 Å². The van der Waals surface area contributed by atoms with Crippen molar-refractivity contribution in [2.45, 2.75) is 24.9 Å². The van der Waals surface area contributed by atoms with Gasteiger partial charge in [0.05, 0.1) is 17.2 Å². The van der Waals surface area contributed by atoms with Crippen molar-refractivity contribution in [1.82, 2.24) is 9.55 Å². The molecule has 1 aliphatic heterocycles. The summed E-state index contributed by atoms with van der Waals surface area (Å²) in [5.74, 6) is 0. The van der Waals surface area contributed by atoms with Crippen molar-refractivity contribution >= 4 is 69.0 Å². The van der Waals surface area contributed by atoms with Crippen LogP contribution in [-0.4, -0.2) is 82.6 Å².